The summed E-state index contributed by atoms with van der Waals surface area (Å²) in [7, 11) is -5.14. The van der Waals surface area contributed by atoms with E-state index in [1.54, 1.807) is 0 Å². The van der Waals surface area contributed by atoms with Crippen LogP contribution in [0.2, 0.25) is 5.15 Å². The number of hydrogen-bond acceptors (Lipinski definition) is 3. The number of rotatable bonds is 1. The summed E-state index contributed by atoms with van der Waals surface area (Å²) < 4.78 is 47.8. The molecule has 0 radical (unpaired) electrons. The largest absolute Gasteiger partial charge is 0.335 e. The van der Waals surface area contributed by atoms with Crippen LogP contribution in [0.3, 0.4) is 0 Å². The Morgan fingerprint density at radius 1 is 1.31 bits per heavy atom. The molecule has 0 spiro atoms. The monoisotopic (exact) mass is 263 g/mol. The van der Waals surface area contributed by atoms with Crippen LogP contribution in [0.4, 0.5) is 8.28 Å². The van der Waals surface area contributed by atoms with E-state index in [4.69, 9.17) is 11.6 Å². The fraction of sp³-hybridized carbons (Fsp3) is 0. The van der Waals surface area contributed by atoms with Crippen LogP contribution in [0.5, 0.6) is 0 Å². The van der Waals surface area contributed by atoms with Crippen LogP contribution in [-0.2, 0) is 10.2 Å². The van der Waals surface area contributed by atoms with Gasteiger partial charge >= 0.3 is 10.2 Å². The molecule has 0 N–H and O–H groups in total. The minimum atomic E-state index is -5.14. The molecule has 2 rings (SSSR count). The van der Waals surface area contributed by atoms with Gasteiger partial charge in [-0.15, -0.1) is 3.89 Å². The predicted molar refractivity (Wildman–Crippen MR) is 55.0 cm³/mol. The second kappa shape index (κ2) is 3.64. The molecule has 1 aromatic heterocycles. The first-order valence-electron chi connectivity index (χ1n) is 4.08. The second-order valence-corrected chi connectivity index (χ2v) is 4.71. The molecule has 0 unspecified atom stereocenters. The standard InChI is InChI=1S/C9H4ClF2NO2S/c10-8-3-6-5(4-13-8)1-2-7(11)9(6)16(12,14)15/h1-4H. The molecule has 0 saturated carbocycles. The van der Waals surface area contributed by atoms with Crippen molar-refractivity contribution in [1.82, 2.24) is 4.98 Å². The zero-order chi connectivity index (χ0) is 11.9. The van der Waals surface area contributed by atoms with Crippen molar-refractivity contribution in [3.8, 4) is 0 Å². The highest BCUT2D eigenvalue weighted by atomic mass is 35.5. The van der Waals surface area contributed by atoms with Gasteiger partial charge in [-0.1, -0.05) is 11.6 Å². The smallest absolute Gasteiger partial charge is 0.244 e. The number of fused-ring (bicyclic) bond motifs is 1. The predicted octanol–water partition coefficient (Wildman–Crippen LogP) is 2.69. The summed E-state index contributed by atoms with van der Waals surface area (Å²) in [6, 6.07) is 3.26. The van der Waals surface area contributed by atoms with Crippen LogP contribution in [0.1, 0.15) is 0 Å². The highest BCUT2D eigenvalue weighted by Crippen LogP contribution is 2.28. The summed E-state index contributed by atoms with van der Waals surface area (Å²) in [5.41, 5.74) is 0. The summed E-state index contributed by atoms with van der Waals surface area (Å²) in [5.74, 6) is -1.16. The summed E-state index contributed by atoms with van der Waals surface area (Å²) >= 11 is 5.54. The van der Waals surface area contributed by atoms with Crippen molar-refractivity contribution in [2.24, 2.45) is 0 Å². The van der Waals surface area contributed by atoms with E-state index < -0.39 is 20.9 Å². The first-order chi connectivity index (χ1) is 7.39. The van der Waals surface area contributed by atoms with Crippen molar-refractivity contribution in [3.05, 3.63) is 35.4 Å². The van der Waals surface area contributed by atoms with E-state index in [1.165, 1.54) is 12.3 Å². The van der Waals surface area contributed by atoms with Gasteiger partial charge < -0.3 is 0 Å². The highest BCUT2D eigenvalue weighted by Gasteiger charge is 2.21. The summed E-state index contributed by atoms with van der Waals surface area (Å²) in [6.45, 7) is 0. The lowest BCUT2D eigenvalue weighted by Crippen LogP contribution is -1.98. The van der Waals surface area contributed by atoms with Crippen LogP contribution in [0.15, 0.2) is 29.3 Å². The average molecular weight is 264 g/mol. The van der Waals surface area contributed by atoms with E-state index in [2.05, 4.69) is 4.98 Å². The first kappa shape index (κ1) is 11.2. The normalized spacial score (nSPS) is 11.9. The van der Waals surface area contributed by atoms with Crippen LogP contribution in [-0.4, -0.2) is 13.4 Å². The maximum Gasteiger partial charge on any atom is 0.335 e. The van der Waals surface area contributed by atoms with Gasteiger partial charge in [0.15, 0.2) is 0 Å². The summed E-state index contributed by atoms with van der Waals surface area (Å²) in [6.07, 6.45) is 1.24. The number of hydrogen-bond donors (Lipinski definition) is 0. The van der Waals surface area contributed by atoms with Crippen molar-refractivity contribution < 1.29 is 16.7 Å². The van der Waals surface area contributed by atoms with Gasteiger partial charge in [0.05, 0.1) is 0 Å². The van der Waals surface area contributed by atoms with Crippen molar-refractivity contribution >= 4 is 32.6 Å². The van der Waals surface area contributed by atoms with Crippen LogP contribution < -0.4 is 0 Å². The zero-order valence-electron chi connectivity index (χ0n) is 7.62. The number of nitrogens with zero attached hydrogens (tertiary/aromatic N) is 1. The van der Waals surface area contributed by atoms with Gasteiger partial charge in [-0.3, -0.25) is 0 Å². The number of benzene rings is 1. The Kier molecular flexibility index (Phi) is 2.55. The van der Waals surface area contributed by atoms with Gasteiger partial charge in [-0.05, 0) is 18.2 Å². The molecule has 0 amide bonds. The fourth-order valence-electron chi connectivity index (χ4n) is 1.38. The SMILES string of the molecule is O=S(=O)(F)c1c(F)ccc2cnc(Cl)cc12. The van der Waals surface area contributed by atoms with Gasteiger partial charge in [0.1, 0.15) is 15.9 Å². The zero-order valence-corrected chi connectivity index (χ0v) is 9.19. The summed E-state index contributed by atoms with van der Waals surface area (Å²) in [4.78, 5) is 2.68. The molecule has 16 heavy (non-hydrogen) atoms. The van der Waals surface area contributed by atoms with Gasteiger partial charge in [0, 0.05) is 17.0 Å². The topological polar surface area (TPSA) is 47.0 Å². The van der Waals surface area contributed by atoms with Crippen molar-refractivity contribution in [2.75, 3.05) is 0 Å². The third-order valence-corrected chi connectivity index (χ3v) is 3.13. The lowest BCUT2D eigenvalue weighted by atomic mass is 10.2. The molecule has 0 fully saturated rings. The van der Waals surface area contributed by atoms with Gasteiger partial charge in [0.25, 0.3) is 0 Å². The van der Waals surface area contributed by atoms with E-state index in [0.717, 1.165) is 12.1 Å². The number of aromatic nitrogens is 1. The second-order valence-electron chi connectivity index (χ2n) is 3.04. The van der Waals surface area contributed by atoms with E-state index in [0.29, 0.717) is 5.39 Å². The van der Waals surface area contributed by atoms with E-state index in [-0.39, 0.29) is 10.5 Å². The fourth-order valence-corrected chi connectivity index (χ4v) is 2.28. The summed E-state index contributed by atoms with van der Waals surface area (Å²) in [5, 5.41) is 0.132. The highest BCUT2D eigenvalue weighted by molar-refractivity contribution is 7.86. The van der Waals surface area contributed by atoms with Crippen molar-refractivity contribution in [1.29, 1.82) is 0 Å². The third kappa shape index (κ3) is 1.85. The minimum absolute atomic E-state index is 0.0389. The molecule has 7 heteroatoms. The Labute approximate surface area is 94.9 Å². The van der Waals surface area contributed by atoms with Crippen molar-refractivity contribution in [2.45, 2.75) is 4.90 Å². The van der Waals surface area contributed by atoms with E-state index in [9.17, 15) is 16.7 Å². The molecular formula is C9H4ClF2NO2S. The quantitative estimate of drug-likeness (QED) is 0.587. The molecule has 0 saturated heterocycles. The first-order valence-corrected chi connectivity index (χ1v) is 5.84. The molecule has 2 aromatic rings. The molecule has 0 aliphatic heterocycles. The maximum atomic E-state index is 13.3. The molecule has 0 aliphatic carbocycles. The Bertz CT molecular complexity index is 667. The van der Waals surface area contributed by atoms with Crippen LogP contribution in [0, 0.1) is 5.82 Å². The lowest BCUT2D eigenvalue weighted by molar-refractivity contribution is 0.536. The molecule has 84 valence electrons. The number of pyridine rings is 1. The van der Waals surface area contributed by atoms with Crippen LogP contribution >= 0.6 is 11.6 Å². The van der Waals surface area contributed by atoms with Gasteiger partial charge in [-0.2, -0.15) is 8.42 Å². The minimum Gasteiger partial charge on any atom is -0.244 e. The Morgan fingerprint density at radius 2 is 2.00 bits per heavy atom. The van der Waals surface area contributed by atoms with Gasteiger partial charge in [0.2, 0.25) is 0 Å². The van der Waals surface area contributed by atoms with E-state index in [1.807, 2.05) is 0 Å². The molecule has 1 aromatic carbocycles. The van der Waals surface area contributed by atoms with Crippen molar-refractivity contribution in [3.63, 3.8) is 0 Å². The van der Waals surface area contributed by atoms with E-state index >= 15 is 0 Å². The molecular weight excluding hydrogens is 260 g/mol. The Hall–Kier alpha value is -1.27. The number of halogens is 3. The van der Waals surface area contributed by atoms with Gasteiger partial charge in [-0.25, -0.2) is 9.37 Å². The average Bonchev–Trinajstić information content (AvgIpc) is 2.14. The molecule has 0 atom stereocenters. The maximum absolute atomic E-state index is 13.3. The Balaban J connectivity index is 3.00. The lowest BCUT2D eigenvalue weighted by Gasteiger charge is -2.03. The Morgan fingerprint density at radius 3 is 2.62 bits per heavy atom. The third-order valence-electron chi connectivity index (χ3n) is 2.02. The molecule has 0 aliphatic rings. The molecule has 3 nitrogen and oxygen atoms in total. The molecule has 0 bridgehead atoms. The molecule has 1 heterocycles. The van der Waals surface area contributed by atoms with Crippen LogP contribution in [0.25, 0.3) is 10.8 Å².